The van der Waals surface area contributed by atoms with Gasteiger partial charge in [0.2, 0.25) is 0 Å². The smallest absolute Gasteiger partial charge is 0.327 e. The number of hydrogen-bond donors (Lipinski definition) is 0. The lowest BCUT2D eigenvalue weighted by Crippen LogP contribution is -2.45. The first-order valence-electron chi connectivity index (χ1n) is 8.98. The summed E-state index contributed by atoms with van der Waals surface area (Å²) in [5.41, 5.74) is 2.82. The van der Waals surface area contributed by atoms with Crippen LogP contribution >= 0.6 is 12.4 Å². The molecule has 0 amide bonds. The van der Waals surface area contributed by atoms with E-state index in [-0.39, 0.29) is 23.7 Å². The van der Waals surface area contributed by atoms with Gasteiger partial charge >= 0.3 is 5.97 Å². The van der Waals surface area contributed by atoms with Crippen LogP contribution in [-0.2, 0) is 19.4 Å². The van der Waals surface area contributed by atoms with Crippen molar-refractivity contribution in [2.24, 2.45) is 0 Å². The number of nitrogens with zero attached hydrogens (tertiary/aromatic N) is 1. The van der Waals surface area contributed by atoms with Gasteiger partial charge in [-0.3, -0.25) is 9.69 Å². The second kappa shape index (κ2) is 9.71. The molecule has 1 unspecified atom stereocenters. The largest absolute Gasteiger partial charge is 0.468 e. The van der Waals surface area contributed by atoms with Gasteiger partial charge in [0.25, 0.3) is 0 Å². The van der Waals surface area contributed by atoms with Gasteiger partial charge in [-0.05, 0) is 58.7 Å². The van der Waals surface area contributed by atoms with Gasteiger partial charge < -0.3 is 4.74 Å². The minimum absolute atomic E-state index is 0. The van der Waals surface area contributed by atoms with Crippen LogP contribution in [0.25, 0.3) is 0 Å². The Morgan fingerprint density at radius 1 is 1.19 bits per heavy atom. The number of methoxy groups -OCH3 is 1. The molecule has 27 heavy (non-hydrogen) atoms. The number of esters is 1. The van der Waals surface area contributed by atoms with E-state index in [0.29, 0.717) is 6.42 Å². The topological polar surface area (TPSA) is 63.7 Å². The fourth-order valence-electron chi connectivity index (χ4n) is 3.34. The molecule has 1 aromatic rings. The Morgan fingerprint density at radius 3 is 2.37 bits per heavy atom. The van der Waals surface area contributed by atoms with E-state index < -0.39 is 20.6 Å². The van der Waals surface area contributed by atoms with Crippen molar-refractivity contribution in [2.45, 2.75) is 49.7 Å². The van der Waals surface area contributed by atoms with Crippen LogP contribution in [0.5, 0.6) is 0 Å². The maximum atomic E-state index is 13.1. The number of ether oxygens (including phenoxy) is 1. The van der Waals surface area contributed by atoms with Crippen molar-refractivity contribution in [3.05, 3.63) is 41.5 Å². The first-order valence-corrected chi connectivity index (χ1v) is 10.5. The second-order valence-corrected chi connectivity index (χ2v) is 9.61. The van der Waals surface area contributed by atoms with Crippen LogP contribution in [-0.4, -0.2) is 50.8 Å². The molecular weight excluding hydrogens is 386 g/mol. The summed E-state index contributed by atoms with van der Waals surface area (Å²) in [4.78, 5) is 14.9. The minimum Gasteiger partial charge on any atom is -0.468 e. The zero-order chi connectivity index (χ0) is 19.4. The molecule has 1 aliphatic rings. The van der Waals surface area contributed by atoms with Gasteiger partial charge in [0.05, 0.1) is 12.0 Å². The summed E-state index contributed by atoms with van der Waals surface area (Å²) in [5.74, 6) is -0.702. The number of sulfone groups is 1. The van der Waals surface area contributed by atoms with Gasteiger partial charge in [-0.2, -0.15) is 0 Å². The molecule has 0 aliphatic carbocycles. The maximum Gasteiger partial charge on any atom is 0.327 e. The average Bonchev–Trinajstić information content (AvgIpc) is 2.64. The Bertz CT molecular complexity index is 776. The third kappa shape index (κ3) is 5.12. The van der Waals surface area contributed by atoms with Crippen LogP contribution in [0, 0.1) is 0 Å². The first-order chi connectivity index (χ1) is 12.2. The van der Waals surface area contributed by atoms with E-state index in [1.807, 2.05) is 0 Å². The van der Waals surface area contributed by atoms with Gasteiger partial charge in [0, 0.05) is 13.1 Å². The molecule has 0 fully saturated rings. The van der Waals surface area contributed by atoms with Gasteiger partial charge in [-0.25, -0.2) is 8.42 Å². The molecular formula is C20H30ClNO4S. The van der Waals surface area contributed by atoms with Crippen LogP contribution in [0.2, 0.25) is 0 Å². The molecule has 1 atom stereocenters. The summed E-state index contributed by atoms with van der Waals surface area (Å²) in [5, 5.41) is 0. The quantitative estimate of drug-likeness (QED) is 0.502. The van der Waals surface area contributed by atoms with Crippen molar-refractivity contribution in [1.82, 2.24) is 4.90 Å². The average molecular weight is 416 g/mol. The van der Waals surface area contributed by atoms with Crippen molar-refractivity contribution in [3.8, 4) is 0 Å². The van der Waals surface area contributed by atoms with Crippen LogP contribution < -0.4 is 0 Å². The van der Waals surface area contributed by atoms with Crippen LogP contribution in [0.15, 0.2) is 46.4 Å². The lowest BCUT2D eigenvalue weighted by molar-refractivity contribution is -0.143. The van der Waals surface area contributed by atoms with E-state index >= 15 is 0 Å². The number of benzene rings is 1. The monoisotopic (exact) mass is 415 g/mol. The number of hydrogen-bond acceptors (Lipinski definition) is 5. The summed E-state index contributed by atoms with van der Waals surface area (Å²) in [6.07, 6.45) is 1.89. The fourth-order valence-corrected chi connectivity index (χ4v) is 5.09. The van der Waals surface area contributed by atoms with E-state index in [2.05, 4.69) is 18.7 Å². The lowest BCUT2D eigenvalue weighted by atomic mass is 10.0. The van der Waals surface area contributed by atoms with E-state index in [1.165, 1.54) is 37.3 Å². The minimum atomic E-state index is -3.84. The van der Waals surface area contributed by atoms with Crippen LogP contribution in [0.4, 0.5) is 0 Å². The van der Waals surface area contributed by atoms with Crippen LogP contribution in [0.3, 0.4) is 0 Å². The van der Waals surface area contributed by atoms with Crippen molar-refractivity contribution < 1.29 is 17.9 Å². The molecule has 0 spiro atoms. The van der Waals surface area contributed by atoms with Gasteiger partial charge in [-0.15, -0.1) is 12.4 Å². The molecule has 2 rings (SSSR count). The second-order valence-electron chi connectivity index (χ2n) is 7.23. The molecule has 1 heterocycles. The van der Waals surface area contributed by atoms with Gasteiger partial charge in [0.1, 0.15) is 0 Å². The molecule has 0 aromatic heterocycles. The summed E-state index contributed by atoms with van der Waals surface area (Å²) in [6.45, 7) is 8.43. The number of carbonyl (C=O) groups excluding carboxylic acids is 1. The van der Waals surface area contributed by atoms with Crippen molar-refractivity contribution >= 4 is 28.2 Å². The summed E-state index contributed by atoms with van der Waals surface area (Å²) in [7, 11) is -2.60. The predicted octanol–water partition coefficient (Wildman–Crippen LogP) is 3.64. The number of halogens is 1. The zero-order valence-electron chi connectivity index (χ0n) is 16.5. The third-order valence-corrected chi connectivity index (χ3v) is 7.83. The molecule has 0 N–H and O–H groups in total. The highest BCUT2D eigenvalue weighted by Crippen LogP contribution is 2.31. The molecule has 0 saturated carbocycles. The Balaban J connectivity index is 0.00000364. The Kier molecular flexibility index (Phi) is 8.51. The molecule has 1 aromatic carbocycles. The Morgan fingerprint density at radius 2 is 1.81 bits per heavy atom. The van der Waals surface area contributed by atoms with E-state index in [1.54, 1.807) is 18.2 Å². The summed E-state index contributed by atoms with van der Waals surface area (Å²) < 4.78 is 29.5. The molecule has 0 bridgehead atoms. The first kappa shape index (κ1) is 23.7. The highest BCUT2D eigenvalue weighted by Gasteiger charge is 2.47. The Hall–Kier alpha value is -1.37. The molecule has 152 valence electrons. The lowest BCUT2D eigenvalue weighted by Gasteiger charge is -2.31. The van der Waals surface area contributed by atoms with E-state index in [0.717, 1.165) is 26.1 Å². The number of carbonyl (C=O) groups is 1. The summed E-state index contributed by atoms with van der Waals surface area (Å²) >= 11 is 0. The molecule has 0 radical (unpaired) electrons. The third-order valence-electron chi connectivity index (χ3n) is 5.38. The highest BCUT2D eigenvalue weighted by atomic mass is 35.5. The molecule has 7 heteroatoms. The standard InChI is InChI=1S/C20H29NO4S.ClH/c1-16-11-14-21(15-17(16)2)13-8-12-20(3,19(22)25-4)26(23,24)18-9-6-5-7-10-18;/h5-7,9-10H,8,11-15H2,1-4H3;1H. The van der Waals surface area contributed by atoms with E-state index in [4.69, 9.17) is 4.74 Å². The molecule has 5 nitrogen and oxygen atoms in total. The normalized spacial score (nSPS) is 17.8. The summed E-state index contributed by atoms with van der Waals surface area (Å²) in [6, 6.07) is 8.13. The molecule has 0 saturated heterocycles. The molecule has 1 aliphatic heterocycles. The number of rotatable bonds is 7. The van der Waals surface area contributed by atoms with Gasteiger partial charge in [-0.1, -0.05) is 29.3 Å². The zero-order valence-corrected chi connectivity index (χ0v) is 18.2. The maximum absolute atomic E-state index is 13.1. The fraction of sp³-hybridized carbons (Fsp3) is 0.550. The van der Waals surface area contributed by atoms with Crippen molar-refractivity contribution in [1.29, 1.82) is 0 Å². The van der Waals surface area contributed by atoms with Crippen LogP contribution in [0.1, 0.15) is 40.0 Å². The van der Waals surface area contributed by atoms with Crippen molar-refractivity contribution in [3.63, 3.8) is 0 Å². The van der Waals surface area contributed by atoms with Gasteiger partial charge in [0.15, 0.2) is 14.6 Å². The highest BCUT2D eigenvalue weighted by molar-refractivity contribution is 7.93. The SMILES string of the molecule is COC(=O)C(C)(CCCN1CCC(C)=C(C)C1)S(=O)(=O)c1ccccc1.Cl. The Labute approximate surface area is 169 Å². The van der Waals surface area contributed by atoms with E-state index in [9.17, 15) is 13.2 Å². The van der Waals surface area contributed by atoms with Crippen molar-refractivity contribution in [2.75, 3.05) is 26.7 Å². The predicted molar refractivity (Wildman–Crippen MR) is 110 cm³/mol.